The van der Waals surface area contributed by atoms with Crippen molar-refractivity contribution in [3.8, 4) is 5.75 Å². The third-order valence-electron chi connectivity index (χ3n) is 5.39. The molecule has 2 aliphatic rings. The lowest BCUT2D eigenvalue weighted by Crippen LogP contribution is -2.49. The maximum absolute atomic E-state index is 13.2. The van der Waals surface area contributed by atoms with Crippen LogP contribution in [-0.2, 0) is 9.59 Å². The predicted molar refractivity (Wildman–Crippen MR) is 93.4 cm³/mol. The summed E-state index contributed by atoms with van der Waals surface area (Å²) >= 11 is 0. The van der Waals surface area contributed by atoms with Crippen molar-refractivity contribution in [3.05, 3.63) is 24.3 Å². The van der Waals surface area contributed by atoms with Gasteiger partial charge in [-0.1, -0.05) is 12.8 Å². The largest absolute Gasteiger partial charge is 0.497 e. The molecule has 5 nitrogen and oxygen atoms in total. The second-order valence-corrected chi connectivity index (χ2v) is 7.15. The summed E-state index contributed by atoms with van der Waals surface area (Å²) in [6.07, 6.45) is -2.78. The summed E-state index contributed by atoms with van der Waals surface area (Å²) in [5.41, 5.74) is 0.641. The van der Waals surface area contributed by atoms with Crippen LogP contribution in [-0.4, -0.2) is 37.7 Å². The SMILES string of the molecule is COc1ccc(N2C[C@@H](C(=O)N[C@H]3CCCC[C@@H]3C(F)(F)F)CC2=O)cc1. The lowest BCUT2D eigenvalue weighted by Gasteiger charge is -2.34. The normalized spacial score (nSPS) is 26.1. The van der Waals surface area contributed by atoms with Gasteiger partial charge in [0.2, 0.25) is 11.8 Å². The Hall–Kier alpha value is -2.25. The highest BCUT2D eigenvalue weighted by atomic mass is 19.4. The van der Waals surface area contributed by atoms with Crippen LogP contribution in [0.4, 0.5) is 18.9 Å². The molecule has 1 heterocycles. The summed E-state index contributed by atoms with van der Waals surface area (Å²) in [7, 11) is 1.54. The first-order valence-corrected chi connectivity index (χ1v) is 9.11. The molecule has 0 radical (unpaired) electrons. The van der Waals surface area contributed by atoms with E-state index in [0.717, 1.165) is 0 Å². The van der Waals surface area contributed by atoms with Crippen LogP contribution >= 0.6 is 0 Å². The number of alkyl halides is 3. The molecule has 1 N–H and O–H groups in total. The van der Waals surface area contributed by atoms with E-state index in [0.29, 0.717) is 30.7 Å². The number of nitrogens with one attached hydrogen (secondary N) is 1. The molecule has 2 amide bonds. The van der Waals surface area contributed by atoms with Gasteiger partial charge < -0.3 is 15.0 Å². The standard InChI is InChI=1S/C19H23F3N2O3/c1-27-14-8-6-13(7-9-14)24-11-12(10-17(24)25)18(26)23-16-5-3-2-4-15(16)19(20,21)22/h6-9,12,15-16H,2-5,10-11H2,1H3,(H,23,26)/t12-,15-,16-/m0/s1. The highest BCUT2D eigenvalue weighted by molar-refractivity contribution is 6.00. The smallest absolute Gasteiger partial charge is 0.393 e. The van der Waals surface area contributed by atoms with Gasteiger partial charge in [-0.25, -0.2) is 0 Å². The minimum absolute atomic E-state index is 0.00126. The number of methoxy groups -OCH3 is 1. The Balaban J connectivity index is 1.64. The summed E-state index contributed by atoms with van der Waals surface area (Å²) in [4.78, 5) is 26.3. The predicted octanol–water partition coefficient (Wildman–Crippen LogP) is 3.29. The molecule has 8 heteroatoms. The van der Waals surface area contributed by atoms with Crippen LogP contribution < -0.4 is 15.0 Å². The quantitative estimate of drug-likeness (QED) is 0.867. The number of benzene rings is 1. The molecule has 0 spiro atoms. The Kier molecular flexibility index (Phi) is 5.62. The van der Waals surface area contributed by atoms with Crippen molar-refractivity contribution in [1.82, 2.24) is 5.32 Å². The number of halogens is 3. The molecule has 1 saturated carbocycles. The maximum Gasteiger partial charge on any atom is 0.393 e. The fourth-order valence-corrected chi connectivity index (χ4v) is 3.89. The number of hydrogen-bond donors (Lipinski definition) is 1. The van der Waals surface area contributed by atoms with Crippen molar-refractivity contribution >= 4 is 17.5 Å². The number of anilines is 1. The van der Waals surface area contributed by atoms with Gasteiger partial charge in [0.05, 0.1) is 18.9 Å². The Morgan fingerprint density at radius 1 is 1.19 bits per heavy atom. The maximum atomic E-state index is 13.2. The fraction of sp³-hybridized carbons (Fsp3) is 0.579. The minimum atomic E-state index is -4.32. The number of rotatable bonds is 4. The second kappa shape index (κ2) is 7.78. The van der Waals surface area contributed by atoms with Gasteiger partial charge in [-0.2, -0.15) is 13.2 Å². The molecule has 1 aromatic carbocycles. The van der Waals surface area contributed by atoms with E-state index >= 15 is 0 Å². The van der Waals surface area contributed by atoms with Crippen LogP contribution in [0.5, 0.6) is 5.75 Å². The van der Waals surface area contributed by atoms with E-state index in [9.17, 15) is 22.8 Å². The van der Waals surface area contributed by atoms with Gasteiger partial charge in [0.15, 0.2) is 0 Å². The average molecular weight is 384 g/mol. The number of carbonyl (C=O) groups excluding carboxylic acids is 2. The summed E-state index contributed by atoms with van der Waals surface area (Å²) in [6, 6.07) is 5.96. The van der Waals surface area contributed by atoms with Gasteiger partial charge in [-0.05, 0) is 37.1 Å². The lowest BCUT2D eigenvalue weighted by atomic mass is 9.83. The van der Waals surface area contributed by atoms with E-state index < -0.39 is 30.0 Å². The molecule has 0 aromatic heterocycles. The van der Waals surface area contributed by atoms with Gasteiger partial charge in [0.1, 0.15) is 5.75 Å². The Morgan fingerprint density at radius 3 is 2.48 bits per heavy atom. The van der Waals surface area contributed by atoms with Crippen molar-refractivity contribution in [2.24, 2.45) is 11.8 Å². The monoisotopic (exact) mass is 384 g/mol. The minimum Gasteiger partial charge on any atom is -0.497 e. The van der Waals surface area contributed by atoms with Gasteiger partial charge in [-0.3, -0.25) is 9.59 Å². The molecule has 3 rings (SSSR count). The first-order chi connectivity index (χ1) is 12.8. The van der Waals surface area contributed by atoms with Crippen LogP contribution in [0.3, 0.4) is 0 Å². The number of amides is 2. The average Bonchev–Trinajstić information content (AvgIpc) is 3.03. The number of ether oxygens (including phenoxy) is 1. The molecule has 3 atom stereocenters. The second-order valence-electron chi connectivity index (χ2n) is 7.15. The molecule has 2 fully saturated rings. The Morgan fingerprint density at radius 2 is 1.85 bits per heavy atom. The highest BCUT2D eigenvalue weighted by Crippen LogP contribution is 2.38. The highest BCUT2D eigenvalue weighted by Gasteiger charge is 2.47. The van der Waals surface area contributed by atoms with Gasteiger partial charge in [0.25, 0.3) is 0 Å². The zero-order valence-corrected chi connectivity index (χ0v) is 15.1. The van der Waals surface area contributed by atoms with Crippen molar-refractivity contribution in [2.75, 3.05) is 18.6 Å². The van der Waals surface area contributed by atoms with Gasteiger partial charge in [0, 0.05) is 24.7 Å². The van der Waals surface area contributed by atoms with E-state index in [1.807, 2.05) is 0 Å². The summed E-state index contributed by atoms with van der Waals surface area (Å²) in [6.45, 7) is 0.167. The molecular weight excluding hydrogens is 361 g/mol. The van der Waals surface area contributed by atoms with E-state index in [2.05, 4.69) is 5.32 Å². The first-order valence-electron chi connectivity index (χ1n) is 9.11. The van der Waals surface area contributed by atoms with Crippen LogP contribution in [0.1, 0.15) is 32.1 Å². The molecule has 1 aliphatic carbocycles. The van der Waals surface area contributed by atoms with Crippen molar-refractivity contribution < 1.29 is 27.5 Å². The van der Waals surface area contributed by atoms with Gasteiger partial charge in [-0.15, -0.1) is 0 Å². The molecule has 0 unspecified atom stereocenters. The lowest BCUT2D eigenvalue weighted by molar-refractivity contribution is -0.189. The van der Waals surface area contributed by atoms with E-state index in [4.69, 9.17) is 4.74 Å². The molecule has 1 saturated heterocycles. The first kappa shape index (κ1) is 19.5. The van der Waals surface area contributed by atoms with Crippen molar-refractivity contribution in [3.63, 3.8) is 0 Å². The summed E-state index contributed by atoms with van der Waals surface area (Å²) in [5.74, 6) is -2.19. The van der Waals surface area contributed by atoms with E-state index in [1.54, 1.807) is 24.3 Å². The molecule has 148 valence electrons. The Bertz CT molecular complexity index is 690. The van der Waals surface area contributed by atoms with Crippen LogP contribution in [0.25, 0.3) is 0 Å². The molecule has 27 heavy (non-hydrogen) atoms. The molecular formula is C19H23F3N2O3. The zero-order chi connectivity index (χ0) is 19.6. The molecule has 1 aromatic rings. The number of carbonyl (C=O) groups is 2. The summed E-state index contributed by atoms with van der Waals surface area (Å²) in [5, 5.41) is 2.57. The zero-order valence-electron chi connectivity index (χ0n) is 15.1. The van der Waals surface area contributed by atoms with Crippen LogP contribution in [0, 0.1) is 11.8 Å². The van der Waals surface area contributed by atoms with Crippen LogP contribution in [0.15, 0.2) is 24.3 Å². The number of hydrogen-bond acceptors (Lipinski definition) is 3. The van der Waals surface area contributed by atoms with Crippen LogP contribution in [0.2, 0.25) is 0 Å². The fourth-order valence-electron chi connectivity index (χ4n) is 3.89. The van der Waals surface area contributed by atoms with E-state index in [-0.39, 0.29) is 25.3 Å². The molecule has 1 aliphatic heterocycles. The Labute approximate surface area is 155 Å². The number of nitrogens with zero attached hydrogens (tertiary/aromatic N) is 1. The third-order valence-corrected chi connectivity index (χ3v) is 5.39. The van der Waals surface area contributed by atoms with E-state index in [1.165, 1.54) is 12.0 Å². The third kappa shape index (κ3) is 4.36. The molecule has 0 bridgehead atoms. The van der Waals surface area contributed by atoms with Crippen molar-refractivity contribution in [1.29, 1.82) is 0 Å². The summed E-state index contributed by atoms with van der Waals surface area (Å²) < 4.78 is 44.7. The van der Waals surface area contributed by atoms with Crippen molar-refractivity contribution in [2.45, 2.75) is 44.3 Å². The van der Waals surface area contributed by atoms with Gasteiger partial charge >= 0.3 is 6.18 Å². The topological polar surface area (TPSA) is 58.6 Å².